The predicted octanol–water partition coefficient (Wildman–Crippen LogP) is 2.53. The molecule has 0 aromatic heterocycles. The van der Waals surface area contributed by atoms with E-state index in [1.54, 1.807) is 0 Å². The predicted molar refractivity (Wildman–Crippen MR) is 63.5 cm³/mol. The Labute approximate surface area is 113 Å². The number of nitrogens with one attached hydrogen (secondary N) is 1. The largest absolute Gasteiger partial charge is 0.573 e. The lowest BCUT2D eigenvalue weighted by Crippen LogP contribution is -2.23. The van der Waals surface area contributed by atoms with Crippen LogP contribution in [0.5, 0.6) is 5.75 Å². The van der Waals surface area contributed by atoms with E-state index in [4.69, 9.17) is 5.11 Å². The fourth-order valence-corrected chi connectivity index (χ4v) is 1.28. The number of rotatable bonds is 5. The number of benzene rings is 1. The molecule has 0 fully saturated rings. The number of carbonyl (C=O) groups is 1. The van der Waals surface area contributed by atoms with Crippen molar-refractivity contribution in [1.82, 2.24) is 5.32 Å². The van der Waals surface area contributed by atoms with Crippen LogP contribution < -0.4 is 10.1 Å². The van der Waals surface area contributed by atoms with E-state index in [1.807, 2.05) is 13.8 Å². The highest BCUT2D eigenvalue weighted by molar-refractivity contribution is 5.48. The van der Waals surface area contributed by atoms with Crippen LogP contribution in [0.25, 0.3) is 0 Å². The first kappa shape index (κ1) is 18.2. The summed E-state index contributed by atoms with van der Waals surface area (Å²) < 4.78 is 52.4. The molecule has 0 aliphatic carbocycles. The lowest BCUT2D eigenvalue weighted by Gasteiger charge is -2.15. The Bertz CT molecular complexity index is 424. The summed E-state index contributed by atoms with van der Waals surface area (Å²) in [6, 6.07) is 1.74. The normalized spacial score (nSPS) is 11.9. The van der Waals surface area contributed by atoms with Gasteiger partial charge in [-0.05, 0) is 17.7 Å². The van der Waals surface area contributed by atoms with Crippen molar-refractivity contribution in [1.29, 1.82) is 0 Å². The van der Waals surface area contributed by atoms with E-state index in [9.17, 15) is 22.4 Å². The third-order valence-electron chi connectivity index (χ3n) is 2.04. The molecule has 0 saturated carbocycles. The third-order valence-corrected chi connectivity index (χ3v) is 2.04. The Hall–Kier alpha value is -1.83. The second-order valence-corrected chi connectivity index (χ2v) is 3.26. The van der Waals surface area contributed by atoms with Crippen molar-refractivity contribution >= 4 is 6.41 Å². The molecule has 8 heteroatoms. The van der Waals surface area contributed by atoms with Crippen molar-refractivity contribution in [2.75, 3.05) is 6.61 Å². The Morgan fingerprint density at radius 1 is 1.40 bits per heavy atom. The minimum absolute atomic E-state index is 0.122. The number of halogens is 4. The summed E-state index contributed by atoms with van der Waals surface area (Å²) in [5.41, 5.74) is 0.122. The molecule has 1 amide bonds. The van der Waals surface area contributed by atoms with Gasteiger partial charge in [0.2, 0.25) is 6.41 Å². The number of carbonyl (C=O) groups excluding carboxylic acids is 1. The maximum absolute atomic E-state index is 13.3. The molecule has 0 spiro atoms. The van der Waals surface area contributed by atoms with Gasteiger partial charge in [0, 0.05) is 0 Å². The summed E-state index contributed by atoms with van der Waals surface area (Å²) in [4.78, 5) is 10.2. The highest BCUT2D eigenvalue weighted by atomic mass is 19.4. The second kappa shape index (κ2) is 8.36. The number of alkyl halides is 3. The van der Waals surface area contributed by atoms with Gasteiger partial charge in [-0.2, -0.15) is 0 Å². The van der Waals surface area contributed by atoms with Gasteiger partial charge in [-0.3, -0.25) is 4.79 Å². The number of aliphatic hydroxyl groups is 1. The van der Waals surface area contributed by atoms with Crippen LogP contribution in [0.1, 0.15) is 25.5 Å². The van der Waals surface area contributed by atoms with Crippen molar-refractivity contribution < 1.29 is 32.2 Å². The molecule has 20 heavy (non-hydrogen) atoms. The molecular weight excluding hydrogens is 282 g/mol. The minimum Gasteiger partial charge on any atom is -0.403 e. The van der Waals surface area contributed by atoms with Gasteiger partial charge in [0.05, 0.1) is 12.6 Å². The van der Waals surface area contributed by atoms with Gasteiger partial charge in [0.15, 0.2) is 11.6 Å². The number of aliphatic hydroxyl groups excluding tert-OH is 1. The van der Waals surface area contributed by atoms with Crippen molar-refractivity contribution in [3.63, 3.8) is 0 Å². The monoisotopic (exact) mass is 297 g/mol. The van der Waals surface area contributed by atoms with Gasteiger partial charge >= 0.3 is 6.36 Å². The van der Waals surface area contributed by atoms with Crippen molar-refractivity contribution in [3.05, 3.63) is 29.6 Å². The highest BCUT2D eigenvalue weighted by Gasteiger charge is 2.32. The molecule has 1 rings (SSSR count). The molecule has 0 heterocycles. The maximum Gasteiger partial charge on any atom is 0.573 e. The number of hydrogen-bond donors (Lipinski definition) is 2. The molecule has 1 unspecified atom stereocenters. The quantitative estimate of drug-likeness (QED) is 0.648. The van der Waals surface area contributed by atoms with Gasteiger partial charge in [-0.1, -0.05) is 19.9 Å². The summed E-state index contributed by atoms with van der Waals surface area (Å²) in [6.45, 7) is 3.48. The lowest BCUT2D eigenvalue weighted by molar-refractivity contribution is -0.275. The van der Waals surface area contributed by atoms with E-state index in [1.165, 1.54) is 0 Å². The standard InChI is InChI=1S/C10H9F4NO3.C2H6/c11-7-3-6(8(4-16)15-5-17)1-2-9(7)18-10(12,13)14;1-2/h1-3,5,8,16H,4H2,(H,15,17);1-2H3. The molecule has 1 aromatic rings. The SMILES string of the molecule is CC.O=CNC(CO)c1ccc(OC(F)(F)F)c(F)c1. The van der Waals surface area contributed by atoms with Crippen molar-refractivity contribution in [3.8, 4) is 5.75 Å². The Kier molecular flexibility index (Phi) is 7.60. The first-order valence-corrected chi connectivity index (χ1v) is 5.73. The fourth-order valence-electron chi connectivity index (χ4n) is 1.28. The molecular formula is C12H15F4NO3. The summed E-state index contributed by atoms with van der Waals surface area (Å²) in [5, 5.41) is 11.1. The molecule has 114 valence electrons. The molecule has 0 saturated heterocycles. The number of ether oxygens (including phenoxy) is 1. The van der Waals surface area contributed by atoms with E-state index < -0.39 is 30.6 Å². The van der Waals surface area contributed by atoms with E-state index in [0.29, 0.717) is 6.41 Å². The molecule has 2 N–H and O–H groups in total. The Balaban J connectivity index is 0.00000172. The van der Waals surface area contributed by atoms with Gasteiger partial charge in [0.25, 0.3) is 0 Å². The highest BCUT2D eigenvalue weighted by Crippen LogP contribution is 2.27. The van der Waals surface area contributed by atoms with E-state index >= 15 is 0 Å². The van der Waals surface area contributed by atoms with E-state index in [2.05, 4.69) is 10.1 Å². The molecule has 0 aliphatic heterocycles. The topological polar surface area (TPSA) is 58.6 Å². The third kappa shape index (κ3) is 5.87. The first-order valence-electron chi connectivity index (χ1n) is 5.73. The van der Waals surface area contributed by atoms with E-state index in [0.717, 1.165) is 18.2 Å². The zero-order chi connectivity index (χ0) is 15.8. The average molecular weight is 297 g/mol. The zero-order valence-electron chi connectivity index (χ0n) is 10.9. The average Bonchev–Trinajstić information content (AvgIpc) is 2.39. The minimum atomic E-state index is -4.99. The molecule has 4 nitrogen and oxygen atoms in total. The summed E-state index contributed by atoms with van der Waals surface area (Å²) in [5.74, 6) is -2.22. The summed E-state index contributed by atoms with van der Waals surface area (Å²) in [7, 11) is 0. The molecule has 1 aromatic carbocycles. The molecule has 0 radical (unpaired) electrons. The number of hydrogen-bond acceptors (Lipinski definition) is 3. The summed E-state index contributed by atoms with van der Waals surface area (Å²) >= 11 is 0. The first-order chi connectivity index (χ1) is 9.37. The Morgan fingerprint density at radius 2 is 2.00 bits per heavy atom. The number of amides is 1. The van der Waals surface area contributed by atoms with E-state index in [-0.39, 0.29) is 5.56 Å². The van der Waals surface area contributed by atoms with Gasteiger partial charge in [-0.15, -0.1) is 13.2 Å². The van der Waals surface area contributed by atoms with Gasteiger partial charge in [0.1, 0.15) is 0 Å². The smallest absolute Gasteiger partial charge is 0.403 e. The van der Waals surface area contributed by atoms with Crippen LogP contribution in [0.15, 0.2) is 18.2 Å². The van der Waals surface area contributed by atoms with Crippen molar-refractivity contribution in [2.24, 2.45) is 0 Å². The Morgan fingerprint density at radius 3 is 2.40 bits per heavy atom. The summed E-state index contributed by atoms with van der Waals surface area (Å²) in [6.07, 6.45) is -4.70. The van der Waals surface area contributed by atoms with Crippen molar-refractivity contribution in [2.45, 2.75) is 26.3 Å². The van der Waals surface area contributed by atoms with Gasteiger partial charge < -0.3 is 15.2 Å². The molecule has 0 aliphatic rings. The maximum atomic E-state index is 13.3. The fraction of sp³-hybridized carbons (Fsp3) is 0.417. The van der Waals surface area contributed by atoms with Gasteiger partial charge in [-0.25, -0.2) is 4.39 Å². The molecule has 1 atom stereocenters. The van der Waals surface area contributed by atoms with Crippen LogP contribution in [0, 0.1) is 5.82 Å². The van der Waals surface area contributed by atoms with Crippen LogP contribution in [-0.2, 0) is 4.79 Å². The van der Waals surface area contributed by atoms with Crippen LogP contribution in [0.2, 0.25) is 0 Å². The van der Waals surface area contributed by atoms with Crippen LogP contribution in [0.3, 0.4) is 0 Å². The van der Waals surface area contributed by atoms with Crippen LogP contribution in [-0.4, -0.2) is 24.5 Å². The van der Waals surface area contributed by atoms with Crippen LogP contribution >= 0.6 is 0 Å². The zero-order valence-corrected chi connectivity index (χ0v) is 10.9. The lowest BCUT2D eigenvalue weighted by atomic mass is 10.1. The molecule has 0 bridgehead atoms. The van der Waals surface area contributed by atoms with Crippen LogP contribution in [0.4, 0.5) is 17.6 Å². The second-order valence-electron chi connectivity index (χ2n) is 3.26.